The first-order valence-corrected chi connectivity index (χ1v) is 9.60. The van der Waals surface area contributed by atoms with Gasteiger partial charge in [-0.2, -0.15) is 0 Å². The van der Waals surface area contributed by atoms with E-state index in [9.17, 15) is 0 Å². The van der Waals surface area contributed by atoms with Gasteiger partial charge in [0.2, 0.25) is 0 Å². The lowest BCUT2D eigenvalue weighted by Gasteiger charge is -2.15. The van der Waals surface area contributed by atoms with Crippen molar-refractivity contribution in [3.63, 3.8) is 0 Å². The minimum absolute atomic E-state index is 0.231. The molecule has 2 aliphatic rings. The van der Waals surface area contributed by atoms with Crippen molar-refractivity contribution in [3.05, 3.63) is 29.3 Å². The van der Waals surface area contributed by atoms with Crippen LogP contribution in [0.4, 0.5) is 0 Å². The molecule has 5 nitrogen and oxygen atoms in total. The van der Waals surface area contributed by atoms with Crippen LogP contribution in [0.3, 0.4) is 0 Å². The predicted octanol–water partition coefficient (Wildman–Crippen LogP) is 3.02. The number of nitrogens with zero attached hydrogens (tertiary/aromatic N) is 1. The van der Waals surface area contributed by atoms with Crippen LogP contribution >= 0.6 is 0 Å². The van der Waals surface area contributed by atoms with E-state index in [0.29, 0.717) is 13.2 Å². The summed E-state index contributed by atoms with van der Waals surface area (Å²) in [4.78, 5) is 4.74. The van der Waals surface area contributed by atoms with Gasteiger partial charge < -0.3 is 20.1 Å². The second kappa shape index (κ2) is 9.09. The number of benzene rings is 1. The summed E-state index contributed by atoms with van der Waals surface area (Å²) in [5, 5.41) is 6.76. The van der Waals surface area contributed by atoms with Crippen LogP contribution in [0.1, 0.15) is 43.7 Å². The highest BCUT2D eigenvalue weighted by molar-refractivity contribution is 5.79. The maximum absolute atomic E-state index is 6.07. The number of ether oxygens (including phenoxy) is 2. The Labute approximate surface area is 151 Å². The van der Waals surface area contributed by atoms with Crippen molar-refractivity contribution in [2.24, 2.45) is 10.9 Å². The Hall–Kier alpha value is -1.75. The highest BCUT2D eigenvalue weighted by Gasteiger charge is 2.21. The van der Waals surface area contributed by atoms with E-state index in [0.717, 1.165) is 55.7 Å². The van der Waals surface area contributed by atoms with Gasteiger partial charge in [0.05, 0.1) is 12.6 Å². The van der Waals surface area contributed by atoms with Crippen LogP contribution in [-0.2, 0) is 11.3 Å². The van der Waals surface area contributed by atoms with E-state index in [1.807, 2.05) is 0 Å². The number of aliphatic imine (C=N–C) groups is 1. The van der Waals surface area contributed by atoms with Crippen LogP contribution in [0.15, 0.2) is 23.2 Å². The van der Waals surface area contributed by atoms with Crippen molar-refractivity contribution in [2.75, 3.05) is 26.3 Å². The molecule has 1 unspecified atom stereocenters. The van der Waals surface area contributed by atoms with Gasteiger partial charge in [0.25, 0.3) is 0 Å². The lowest BCUT2D eigenvalue weighted by molar-refractivity contribution is 0.0676. The van der Waals surface area contributed by atoms with Crippen molar-refractivity contribution >= 4 is 5.96 Å². The fraction of sp³-hybridized carbons (Fsp3) is 0.650. The molecule has 0 spiro atoms. The Balaban J connectivity index is 1.61. The Morgan fingerprint density at radius 2 is 2.16 bits per heavy atom. The quantitative estimate of drug-likeness (QED) is 0.562. The van der Waals surface area contributed by atoms with Gasteiger partial charge in [-0.1, -0.05) is 12.1 Å². The third-order valence-corrected chi connectivity index (χ3v) is 4.68. The highest BCUT2D eigenvalue weighted by atomic mass is 16.5. The minimum Gasteiger partial charge on any atom is -0.491 e. The zero-order chi connectivity index (χ0) is 17.5. The molecule has 1 heterocycles. The third-order valence-electron chi connectivity index (χ3n) is 4.68. The standard InChI is InChI=1S/C20H31N3O2/c1-3-21-20(22-12-16-7-8-16)23-13-17-9-6-15(2)11-19(17)25-14-18-5-4-10-24-18/h6,9,11,16,18H,3-5,7-8,10,12-14H2,1-2H3,(H2,21,22,23). The van der Waals surface area contributed by atoms with Crippen LogP contribution < -0.4 is 15.4 Å². The van der Waals surface area contributed by atoms with Gasteiger partial charge in [-0.15, -0.1) is 0 Å². The van der Waals surface area contributed by atoms with Crippen LogP contribution in [0, 0.1) is 12.8 Å². The van der Waals surface area contributed by atoms with E-state index in [4.69, 9.17) is 14.5 Å². The summed E-state index contributed by atoms with van der Waals surface area (Å²) in [5.41, 5.74) is 2.32. The normalized spacial score (nSPS) is 20.6. The third kappa shape index (κ3) is 5.92. The smallest absolute Gasteiger partial charge is 0.191 e. The number of aryl methyl sites for hydroxylation is 1. The van der Waals surface area contributed by atoms with Crippen molar-refractivity contribution in [1.82, 2.24) is 10.6 Å². The van der Waals surface area contributed by atoms with Crippen LogP contribution in [0.2, 0.25) is 0 Å². The molecule has 1 saturated carbocycles. The van der Waals surface area contributed by atoms with Crippen molar-refractivity contribution in [3.8, 4) is 5.75 Å². The maximum Gasteiger partial charge on any atom is 0.191 e. The molecule has 5 heteroatoms. The SMILES string of the molecule is CCNC(=NCc1ccc(C)cc1OCC1CCCO1)NCC1CC1. The Morgan fingerprint density at radius 3 is 2.88 bits per heavy atom. The zero-order valence-corrected chi connectivity index (χ0v) is 15.5. The average Bonchev–Trinajstić information content (AvgIpc) is 3.29. The van der Waals surface area contributed by atoms with Gasteiger partial charge in [-0.25, -0.2) is 4.99 Å². The molecule has 0 aromatic heterocycles. The summed E-state index contributed by atoms with van der Waals surface area (Å²) in [7, 11) is 0. The molecule has 3 rings (SSSR count). The number of nitrogens with one attached hydrogen (secondary N) is 2. The number of hydrogen-bond acceptors (Lipinski definition) is 3. The zero-order valence-electron chi connectivity index (χ0n) is 15.5. The van der Waals surface area contributed by atoms with E-state index in [1.165, 1.54) is 18.4 Å². The minimum atomic E-state index is 0.231. The van der Waals surface area contributed by atoms with Gasteiger partial charge in [0.1, 0.15) is 12.4 Å². The summed E-state index contributed by atoms with van der Waals surface area (Å²) in [6, 6.07) is 6.34. The number of rotatable bonds is 8. The molecule has 1 aromatic carbocycles. The first-order valence-electron chi connectivity index (χ1n) is 9.60. The average molecular weight is 345 g/mol. The molecular weight excluding hydrogens is 314 g/mol. The van der Waals surface area contributed by atoms with E-state index >= 15 is 0 Å². The lowest BCUT2D eigenvalue weighted by Crippen LogP contribution is -2.38. The Kier molecular flexibility index (Phi) is 6.56. The molecule has 0 radical (unpaired) electrons. The van der Waals surface area contributed by atoms with E-state index in [-0.39, 0.29) is 6.10 Å². The molecule has 138 valence electrons. The summed E-state index contributed by atoms with van der Waals surface area (Å²) < 4.78 is 11.7. The largest absolute Gasteiger partial charge is 0.491 e. The summed E-state index contributed by atoms with van der Waals surface area (Å²) >= 11 is 0. The van der Waals surface area contributed by atoms with Crippen LogP contribution in [0.5, 0.6) is 5.75 Å². The molecule has 1 aliphatic heterocycles. The van der Waals surface area contributed by atoms with Gasteiger partial charge in [0.15, 0.2) is 5.96 Å². The fourth-order valence-corrected chi connectivity index (χ4v) is 2.95. The van der Waals surface area contributed by atoms with Crippen molar-refractivity contribution < 1.29 is 9.47 Å². The maximum atomic E-state index is 6.07. The molecule has 1 aliphatic carbocycles. The van der Waals surface area contributed by atoms with Gasteiger partial charge in [-0.3, -0.25) is 0 Å². The predicted molar refractivity (Wildman–Crippen MR) is 101 cm³/mol. The van der Waals surface area contributed by atoms with E-state index in [2.05, 4.69) is 42.7 Å². The summed E-state index contributed by atoms with van der Waals surface area (Å²) in [5.74, 6) is 2.64. The molecule has 25 heavy (non-hydrogen) atoms. The first kappa shape index (κ1) is 18.1. The van der Waals surface area contributed by atoms with E-state index < -0.39 is 0 Å². The van der Waals surface area contributed by atoms with Crippen molar-refractivity contribution in [2.45, 2.75) is 52.2 Å². The van der Waals surface area contributed by atoms with E-state index in [1.54, 1.807) is 0 Å². The lowest BCUT2D eigenvalue weighted by atomic mass is 10.1. The molecule has 0 amide bonds. The molecule has 1 aromatic rings. The number of hydrogen-bond donors (Lipinski definition) is 2. The molecule has 0 bridgehead atoms. The van der Waals surface area contributed by atoms with Gasteiger partial charge >= 0.3 is 0 Å². The monoisotopic (exact) mass is 345 g/mol. The Bertz CT molecular complexity index is 578. The highest BCUT2D eigenvalue weighted by Crippen LogP contribution is 2.27. The molecule has 1 saturated heterocycles. The second-order valence-corrected chi connectivity index (χ2v) is 7.08. The summed E-state index contributed by atoms with van der Waals surface area (Å²) in [6.07, 6.45) is 5.14. The van der Waals surface area contributed by atoms with Gasteiger partial charge in [-0.05, 0) is 57.1 Å². The first-order chi connectivity index (χ1) is 12.2. The molecule has 2 fully saturated rings. The topological polar surface area (TPSA) is 54.9 Å². The fourth-order valence-electron chi connectivity index (χ4n) is 2.95. The molecule has 2 N–H and O–H groups in total. The number of guanidine groups is 1. The second-order valence-electron chi connectivity index (χ2n) is 7.08. The summed E-state index contributed by atoms with van der Waals surface area (Å²) in [6.45, 7) is 8.16. The molecule has 1 atom stereocenters. The van der Waals surface area contributed by atoms with Crippen molar-refractivity contribution in [1.29, 1.82) is 0 Å². The Morgan fingerprint density at radius 1 is 1.28 bits per heavy atom. The van der Waals surface area contributed by atoms with Gasteiger partial charge in [0, 0.05) is 25.3 Å². The molecular formula is C20H31N3O2. The van der Waals surface area contributed by atoms with Crippen LogP contribution in [0.25, 0.3) is 0 Å². The van der Waals surface area contributed by atoms with Crippen LogP contribution in [-0.4, -0.2) is 38.4 Å².